The van der Waals surface area contributed by atoms with Gasteiger partial charge in [-0.15, -0.1) is 0 Å². The van der Waals surface area contributed by atoms with Crippen LogP contribution in [0.1, 0.15) is 15.9 Å². The van der Waals surface area contributed by atoms with E-state index in [0.717, 1.165) is 5.56 Å². The maximum atomic E-state index is 13.2. The lowest BCUT2D eigenvalue weighted by Gasteiger charge is -2.08. The number of carbonyl (C=O) groups excluding carboxylic acids is 1. The number of sulfonamides is 1. The first-order valence-electron chi connectivity index (χ1n) is 8.95. The Hall–Kier alpha value is -3.56. The molecule has 3 aromatic carbocycles. The molecule has 1 aromatic heterocycles. The summed E-state index contributed by atoms with van der Waals surface area (Å²) < 4.78 is 37.5. The molecular formula is C21H17FN4O3S. The molecule has 3 N–H and O–H groups in total. The van der Waals surface area contributed by atoms with Crippen LogP contribution in [0.2, 0.25) is 0 Å². The van der Waals surface area contributed by atoms with Crippen molar-refractivity contribution in [1.82, 2.24) is 15.1 Å². The topological polar surface area (TPSA) is 107 Å². The molecule has 1 heterocycles. The second-order valence-corrected chi connectivity index (χ2v) is 8.20. The van der Waals surface area contributed by atoms with E-state index in [1.165, 1.54) is 24.3 Å². The number of carbonyl (C=O) groups is 1. The molecule has 0 aliphatic rings. The van der Waals surface area contributed by atoms with E-state index in [1.54, 1.807) is 47.3 Å². The molecule has 0 saturated heterocycles. The molecule has 152 valence electrons. The van der Waals surface area contributed by atoms with E-state index >= 15 is 0 Å². The predicted octanol–water partition coefficient (Wildman–Crippen LogP) is 2.74. The first kappa shape index (κ1) is 19.7. The third-order valence-corrected chi connectivity index (χ3v) is 5.56. The second-order valence-electron chi connectivity index (χ2n) is 6.64. The third-order valence-electron chi connectivity index (χ3n) is 4.63. The SMILES string of the molecule is NS(=O)(=O)c1ccc(CNC(=O)c2cccc3c2cnn3-c2ccc(F)cc2)cc1. The summed E-state index contributed by atoms with van der Waals surface area (Å²) in [6.07, 6.45) is 1.59. The highest BCUT2D eigenvalue weighted by molar-refractivity contribution is 7.89. The van der Waals surface area contributed by atoms with E-state index in [9.17, 15) is 17.6 Å². The van der Waals surface area contributed by atoms with E-state index in [0.29, 0.717) is 22.2 Å². The molecular weight excluding hydrogens is 407 g/mol. The summed E-state index contributed by atoms with van der Waals surface area (Å²) >= 11 is 0. The maximum Gasteiger partial charge on any atom is 0.252 e. The molecule has 0 fully saturated rings. The van der Waals surface area contributed by atoms with Crippen molar-refractivity contribution in [3.8, 4) is 5.69 Å². The fourth-order valence-electron chi connectivity index (χ4n) is 3.11. The summed E-state index contributed by atoms with van der Waals surface area (Å²) in [5, 5.41) is 12.9. The lowest BCUT2D eigenvalue weighted by molar-refractivity contribution is 0.0952. The van der Waals surface area contributed by atoms with Gasteiger partial charge in [0, 0.05) is 11.9 Å². The van der Waals surface area contributed by atoms with Crippen LogP contribution in [0.15, 0.2) is 77.8 Å². The van der Waals surface area contributed by atoms with Gasteiger partial charge in [0.05, 0.1) is 27.9 Å². The minimum absolute atomic E-state index is 0.00977. The Morgan fingerprint density at radius 2 is 1.73 bits per heavy atom. The molecule has 4 aromatic rings. The van der Waals surface area contributed by atoms with Crippen LogP contribution >= 0.6 is 0 Å². The number of amides is 1. The molecule has 1 amide bonds. The highest BCUT2D eigenvalue weighted by Gasteiger charge is 2.14. The molecule has 0 atom stereocenters. The van der Waals surface area contributed by atoms with Crippen LogP contribution in [-0.4, -0.2) is 24.1 Å². The third kappa shape index (κ3) is 3.93. The highest BCUT2D eigenvalue weighted by Crippen LogP contribution is 2.22. The Morgan fingerprint density at radius 1 is 1.03 bits per heavy atom. The smallest absolute Gasteiger partial charge is 0.252 e. The monoisotopic (exact) mass is 424 g/mol. The number of fused-ring (bicyclic) bond motifs is 1. The molecule has 0 aliphatic carbocycles. The first-order chi connectivity index (χ1) is 14.3. The Kier molecular flexibility index (Phi) is 5.06. The largest absolute Gasteiger partial charge is 0.348 e. The van der Waals surface area contributed by atoms with Crippen molar-refractivity contribution in [3.05, 3.63) is 89.9 Å². The number of halogens is 1. The van der Waals surface area contributed by atoms with Crippen LogP contribution in [0.5, 0.6) is 0 Å². The van der Waals surface area contributed by atoms with Crippen molar-refractivity contribution in [1.29, 1.82) is 0 Å². The average Bonchev–Trinajstić information content (AvgIpc) is 3.16. The highest BCUT2D eigenvalue weighted by atomic mass is 32.2. The zero-order chi connectivity index (χ0) is 21.3. The summed E-state index contributed by atoms with van der Waals surface area (Å²) in [4.78, 5) is 12.7. The van der Waals surface area contributed by atoms with Gasteiger partial charge in [0.2, 0.25) is 10.0 Å². The summed E-state index contributed by atoms with van der Waals surface area (Å²) in [6.45, 7) is 0.215. The fourth-order valence-corrected chi connectivity index (χ4v) is 3.63. The van der Waals surface area contributed by atoms with Crippen molar-refractivity contribution >= 4 is 26.8 Å². The van der Waals surface area contributed by atoms with Gasteiger partial charge in [0.15, 0.2) is 0 Å². The minimum atomic E-state index is -3.76. The zero-order valence-electron chi connectivity index (χ0n) is 15.6. The molecule has 30 heavy (non-hydrogen) atoms. The van der Waals surface area contributed by atoms with Gasteiger partial charge in [-0.3, -0.25) is 4.79 Å². The van der Waals surface area contributed by atoms with Gasteiger partial charge in [-0.1, -0.05) is 18.2 Å². The number of hydrogen-bond acceptors (Lipinski definition) is 4. The lowest BCUT2D eigenvalue weighted by atomic mass is 10.1. The van der Waals surface area contributed by atoms with Crippen LogP contribution in [0.3, 0.4) is 0 Å². The van der Waals surface area contributed by atoms with Crippen molar-refractivity contribution in [2.45, 2.75) is 11.4 Å². The van der Waals surface area contributed by atoms with Gasteiger partial charge in [0.1, 0.15) is 5.82 Å². The Bertz CT molecular complexity index is 1330. The summed E-state index contributed by atoms with van der Waals surface area (Å²) in [7, 11) is -3.76. The van der Waals surface area contributed by atoms with Gasteiger partial charge in [-0.2, -0.15) is 5.10 Å². The normalized spacial score (nSPS) is 11.5. The number of aromatic nitrogens is 2. The molecule has 0 aliphatic heterocycles. The molecule has 0 bridgehead atoms. The van der Waals surface area contributed by atoms with Gasteiger partial charge in [0.25, 0.3) is 5.91 Å². The first-order valence-corrected chi connectivity index (χ1v) is 10.5. The van der Waals surface area contributed by atoms with Crippen molar-refractivity contribution in [3.63, 3.8) is 0 Å². The Morgan fingerprint density at radius 3 is 2.40 bits per heavy atom. The van der Waals surface area contributed by atoms with Crippen LogP contribution in [0.4, 0.5) is 4.39 Å². The molecule has 0 spiro atoms. The fraction of sp³-hybridized carbons (Fsp3) is 0.0476. The summed E-state index contributed by atoms with van der Waals surface area (Å²) in [5.74, 6) is -0.637. The van der Waals surface area contributed by atoms with E-state index < -0.39 is 10.0 Å². The molecule has 0 radical (unpaired) electrons. The van der Waals surface area contributed by atoms with E-state index in [4.69, 9.17) is 5.14 Å². The van der Waals surface area contributed by atoms with Gasteiger partial charge in [-0.05, 0) is 54.1 Å². The maximum absolute atomic E-state index is 13.2. The summed E-state index contributed by atoms with van der Waals surface area (Å²) in [6, 6.07) is 17.2. The lowest BCUT2D eigenvalue weighted by Crippen LogP contribution is -2.23. The average molecular weight is 424 g/mol. The predicted molar refractivity (Wildman–Crippen MR) is 110 cm³/mol. The Balaban J connectivity index is 1.56. The zero-order valence-corrected chi connectivity index (χ0v) is 16.4. The van der Waals surface area contributed by atoms with Crippen molar-refractivity contribution < 1.29 is 17.6 Å². The number of nitrogens with one attached hydrogen (secondary N) is 1. The van der Waals surface area contributed by atoms with Crippen LogP contribution in [0, 0.1) is 5.82 Å². The van der Waals surface area contributed by atoms with E-state index in [2.05, 4.69) is 10.4 Å². The number of hydrogen-bond donors (Lipinski definition) is 2. The van der Waals surface area contributed by atoms with Gasteiger partial charge >= 0.3 is 0 Å². The number of benzene rings is 3. The van der Waals surface area contributed by atoms with Crippen molar-refractivity contribution in [2.75, 3.05) is 0 Å². The minimum Gasteiger partial charge on any atom is -0.348 e. The number of rotatable bonds is 5. The molecule has 0 saturated carbocycles. The van der Waals surface area contributed by atoms with E-state index in [-0.39, 0.29) is 23.2 Å². The molecule has 7 nitrogen and oxygen atoms in total. The quantitative estimate of drug-likeness (QED) is 0.514. The summed E-state index contributed by atoms with van der Waals surface area (Å²) in [5.41, 5.74) is 2.57. The standard InChI is InChI=1S/C21H17FN4O3S/c22-15-6-8-16(9-7-15)26-20-3-1-2-18(19(20)13-25-26)21(27)24-12-14-4-10-17(11-5-14)30(23,28)29/h1-11,13H,12H2,(H,24,27)(H2,23,28,29). The van der Waals surface area contributed by atoms with Crippen LogP contribution in [-0.2, 0) is 16.6 Å². The number of nitrogens with two attached hydrogens (primary N) is 1. The number of nitrogens with zero attached hydrogens (tertiary/aromatic N) is 2. The van der Waals surface area contributed by atoms with Crippen molar-refractivity contribution in [2.24, 2.45) is 5.14 Å². The second kappa shape index (κ2) is 7.69. The van der Waals surface area contributed by atoms with Crippen LogP contribution < -0.4 is 10.5 Å². The van der Waals surface area contributed by atoms with Gasteiger partial charge in [-0.25, -0.2) is 22.6 Å². The number of primary sulfonamides is 1. The van der Waals surface area contributed by atoms with E-state index in [1.807, 2.05) is 6.07 Å². The van der Waals surface area contributed by atoms with Crippen LogP contribution in [0.25, 0.3) is 16.6 Å². The van der Waals surface area contributed by atoms with Gasteiger partial charge < -0.3 is 5.32 Å². The Labute approximate surface area is 172 Å². The molecule has 0 unspecified atom stereocenters. The molecule has 9 heteroatoms. The molecule has 4 rings (SSSR count).